The lowest BCUT2D eigenvalue weighted by Crippen LogP contribution is -2.13. The van der Waals surface area contributed by atoms with Crippen molar-refractivity contribution in [2.45, 2.75) is 4.90 Å². The summed E-state index contributed by atoms with van der Waals surface area (Å²) in [5.74, 6) is -0.997. The number of benzene rings is 2. The second kappa shape index (κ2) is 6.38. The maximum absolute atomic E-state index is 13.2. The van der Waals surface area contributed by atoms with Crippen LogP contribution in [0, 0.1) is 11.6 Å². The molecule has 0 aliphatic heterocycles. The van der Waals surface area contributed by atoms with Gasteiger partial charge in [-0.25, -0.2) is 8.78 Å². The van der Waals surface area contributed by atoms with Gasteiger partial charge in [0.25, 0.3) is 0 Å². The van der Waals surface area contributed by atoms with Crippen LogP contribution < -0.4 is 11.1 Å². The van der Waals surface area contributed by atoms with Crippen LogP contribution in [0.4, 0.5) is 20.2 Å². The summed E-state index contributed by atoms with van der Waals surface area (Å²) < 4.78 is 25.9. The predicted molar refractivity (Wildman–Crippen MR) is 76.6 cm³/mol. The quantitative estimate of drug-likeness (QED) is 0.672. The number of amides is 1. The van der Waals surface area contributed by atoms with Crippen LogP contribution in [-0.2, 0) is 4.79 Å². The van der Waals surface area contributed by atoms with Crippen molar-refractivity contribution in [2.24, 2.45) is 0 Å². The largest absolute Gasteiger partial charge is 0.396 e. The van der Waals surface area contributed by atoms with Crippen LogP contribution in [0.25, 0.3) is 0 Å². The molecule has 3 nitrogen and oxygen atoms in total. The van der Waals surface area contributed by atoms with Crippen LogP contribution in [0.1, 0.15) is 0 Å². The third kappa shape index (κ3) is 3.96. The van der Waals surface area contributed by atoms with Crippen LogP contribution >= 0.6 is 11.8 Å². The molecule has 0 saturated heterocycles. The number of hydrogen-bond acceptors (Lipinski definition) is 3. The summed E-state index contributed by atoms with van der Waals surface area (Å²) >= 11 is 1.19. The molecule has 0 fully saturated rings. The minimum atomic E-state index is -0.506. The molecule has 2 aromatic carbocycles. The number of thioether (sulfide) groups is 1. The molecule has 0 spiro atoms. The monoisotopic (exact) mass is 294 g/mol. The smallest absolute Gasteiger partial charge is 0.234 e. The number of rotatable bonds is 4. The zero-order valence-corrected chi connectivity index (χ0v) is 11.2. The molecule has 0 aliphatic rings. The van der Waals surface area contributed by atoms with E-state index in [9.17, 15) is 13.6 Å². The van der Waals surface area contributed by atoms with E-state index in [0.29, 0.717) is 10.6 Å². The Hall–Kier alpha value is -2.08. The number of carbonyl (C=O) groups is 1. The summed E-state index contributed by atoms with van der Waals surface area (Å²) in [4.78, 5) is 12.3. The van der Waals surface area contributed by atoms with Crippen molar-refractivity contribution in [3.05, 3.63) is 54.1 Å². The average molecular weight is 294 g/mol. The van der Waals surface area contributed by atoms with E-state index < -0.39 is 5.82 Å². The molecule has 0 radical (unpaired) electrons. The van der Waals surface area contributed by atoms with Gasteiger partial charge in [0.2, 0.25) is 5.91 Å². The van der Waals surface area contributed by atoms with E-state index in [0.717, 1.165) is 0 Å². The number of nitrogens with two attached hydrogens (primary N) is 1. The molecular weight excluding hydrogens is 282 g/mol. The maximum Gasteiger partial charge on any atom is 0.234 e. The minimum Gasteiger partial charge on any atom is -0.396 e. The van der Waals surface area contributed by atoms with Crippen LogP contribution in [0.3, 0.4) is 0 Å². The van der Waals surface area contributed by atoms with Gasteiger partial charge in [-0.15, -0.1) is 11.8 Å². The average Bonchev–Trinajstić information content (AvgIpc) is 2.43. The number of halogens is 2. The highest BCUT2D eigenvalue weighted by Crippen LogP contribution is 2.22. The molecule has 0 aliphatic carbocycles. The fraction of sp³-hybridized carbons (Fsp3) is 0.0714. The zero-order valence-electron chi connectivity index (χ0n) is 10.4. The number of nitrogens with one attached hydrogen (secondary N) is 1. The Morgan fingerprint density at radius 1 is 1.15 bits per heavy atom. The van der Waals surface area contributed by atoms with Crippen LogP contribution in [0.2, 0.25) is 0 Å². The highest BCUT2D eigenvalue weighted by atomic mass is 32.2. The first kappa shape index (κ1) is 14.3. The molecular formula is C14H12F2N2OS. The van der Waals surface area contributed by atoms with Crippen LogP contribution in [0.15, 0.2) is 47.4 Å². The van der Waals surface area contributed by atoms with Crippen LogP contribution in [0.5, 0.6) is 0 Å². The van der Waals surface area contributed by atoms with Gasteiger partial charge in [0.15, 0.2) is 0 Å². The van der Waals surface area contributed by atoms with E-state index in [-0.39, 0.29) is 23.2 Å². The van der Waals surface area contributed by atoms with Gasteiger partial charge in [-0.05, 0) is 42.5 Å². The predicted octanol–water partition coefficient (Wildman–Crippen LogP) is 3.28. The number of carbonyl (C=O) groups excluding carboxylic acids is 1. The first-order valence-electron chi connectivity index (χ1n) is 5.78. The van der Waals surface area contributed by atoms with Crippen molar-refractivity contribution in [3.63, 3.8) is 0 Å². The van der Waals surface area contributed by atoms with Crippen molar-refractivity contribution in [1.29, 1.82) is 0 Å². The van der Waals surface area contributed by atoms with Crippen molar-refractivity contribution in [3.8, 4) is 0 Å². The van der Waals surface area contributed by atoms with E-state index in [4.69, 9.17) is 5.73 Å². The molecule has 0 aromatic heterocycles. The van der Waals surface area contributed by atoms with Gasteiger partial charge in [-0.3, -0.25) is 4.79 Å². The summed E-state index contributed by atoms with van der Waals surface area (Å²) in [6.07, 6.45) is 0. The summed E-state index contributed by atoms with van der Waals surface area (Å²) in [6.45, 7) is 0. The summed E-state index contributed by atoms with van der Waals surface area (Å²) in [5.41, 5.74) is 5.95. The molecule has 0 heterocycles. The zero-order chi connectivity index (χ0) is 14.5. The van der Waals surface area contributed by atoms with E-state index >= 15 is 0 Å². The lowest BCUT2D eigenvalue weighted by molar-refractivity contribution is -0.113. The Kier molecular flexibility index (Phi) is 4.57. The lowest BCUT2D eigenvalue weighted by atomic mass is 10.3. The number of nitrogen functional groups attached to an aromatic ring is 1. The molecule has 0 bridgehead atoms. The molecule has 2 aromatic rings. The van der Waals surface area contributed by atoms with Gasteiger partial charge < -0.3 is 11.1 Å². The van der Waals surface area contributed by atoms with Gasteiger partial charge >= 0.3 is 0 Å². The van der Waals surface area contributed by atoms with Gasteiger partial charge in [0, 0.05) is 10.6 Å². The Morgan fingerprint density at radius 3 is 2.50 bits per heavy atom. The van der Waals surface area contributed by atoms with E-state index in [1.807, 2.05) is 0 Å². The van der Waals surface area contributed by atoms with E-state index in [1.54, 1.807) is 6.07 Å². The highest BCUT2D eigenvalue weighted by molar-refractivity contribution is 8.00. The molecule has 1 amide bonds. The van der Waals surface area contributed by atoms with Gasteiger partial charge in [0.05, 0.1) is 11.4 Å². The second-order valence-corrected chi connectivity index (χ2v) is 5.08. The van der Waals surface area contributed by atoms with E-state index in [1.165, 1.54) is 48.2 Å². The lowest BCUT2D eigenvalue weighted by Gasteiger charge is -2.05. The molecule has 0 unspecified atom stereocenters. The summed E-state index contributed by atoms with van der Waals surface area (Å²) in [7, 11) is 0. The van der Waals surface area contributed by atoms with E-state index in [2.05, 4.69) is 5.32 Å². The van der Waals surface area contributed by atoms with Crippen molar-refractivity contribution in [1.82, 2.24) is 0 Å². The molecule has 2 rings (SSSR count). The molecule has 6 heteroatoms. The van der Waals surface area contributed by atoms with Gasteiger partial charge in [-0.1, -0.05) is 0 Å². The summed E-state index contributed by atoms with van der Waals surface area (Å²) in [5, 5.41) is 2.62. The standard InChI is InChI=1S/C14H12F2N2OS/c15-9-1-3-10(4-2-9)18-14(19)8-20-11-5-6-13(17)12(16)7-11/h1-7H,8,17H2,(H,18,19). The summed E-state index contributed by atoms with van der Waals surface area (Å²) in [6, 6.07) is 9.85. The Bertz CT molecular complexity index is 617. The Morgan fingerprint density at radius 2 is 1.85 bits per heavy atom. The fourth-order valence-corrected chi connectivity index (χ4v) is 2.20. The number of anilines is 2. The molecule has 3 N–H and O–H groups in total. The molecule has 104 valence electrons. The third-order valence-corrected chi connectivity index (χ3v) is 3.46. The molecule has 20 heavy (non-hydrogen) atoms. The van der Waals surface area contributed by atoms with Crippen LogP contribution in [-0.4, -0.2) is 11.7 Å². The minimum absolute atomic E-state index is 0.0742. The van der Waals surface area contributed by atoms with Gasteiger partial charge in [-0.2, -0.15) is 0 Å². The third-order valence-electron chi connectivity index (χ3n) is 2.47. The highest BCUT2D eigenvalue weighted by Gasteiger charge is 2.06. The fourth-order valence-electron chi connectivity index (χ4n) is 1.48. The first-order chi connectivity index (χ1) is 9.54. The van der Waals surface area contributed by atoms with Crippen molar-refractivity contribution in [2.75, 3.05) is 16.8 Å². The Labute approximate surface area is 119 Å². The molecule has 0 atom stereocenters. The SMILES string of the molecule is Nc1ccc(SCC(=O)Nc2ccc(F)cc2)cc1F. The maximum atomic E-state index is 13.2. The molecule has 0 saturated carbocycles. The normalized spacial score (nSPS) is 10.3. The van der Waals surface area contributed by atoms with Crippen molar-refractivity contribution >= 4 is 29.0 Å². The van der Waals surface area contributed by atoms with Gasteiger partial charge in [0.1, 0.15) is 11.6 Å². The number of hydrogen-bond donors (Lipinski definition) is 2. The Balaban J connectivity index is 1.88. The van der Waals surface area contributed by atoms with Crippen molar-refractivity contribution < 1.29 is 13.6 Å². The second-order valence-electron chi connectivity index (χ2n) is 4.03. The first-order valence-corrected chi connectivity index (χ1v) is 6.76. The topological polar surface area (TPSA) is 55.1 Å².